The molecule has 0 fully saturated rings. The molecule has 70 valence electrons. The summed E-state index contributed by atoms with van der Waals surface area (Å²) in [5.74, 6) is -0.500. The van der Waals surface area contributed by atoms with Gasteiger partial charge in [-0.05, 0) is 18.2 Å². The second kappa shape index (κ2) is 4.69. The fourth-order valence-corrected chi connectivity index (χ4v) is 1.01. The molecule has 4 nitrogen and oxygen atoms in total. The van der Waals surface area contributed by atoms with E-state index in [1.807, 2.05) is 0 Å². The summed E-state index contributed by atoms with van der Waals surface area (Å²) in [6.07, 6.45) is 0. The van der Waals surface area contributed by atoms with Crippen molar-refractivity contribution in [2.75, 3.05) is 11.9 Å². The first-order valence-corrected chi connectivity index (χ1v) is 4.02. The van der Waals surface area contributed by atoms with E-state index in [-0.39, 0.29) is 6.54 Å². The molecule has 0 saturated heterocycles. The first-order valence-electron chi connectivity index (χ1n) is 3.65. The number of nitrogens with one attached hydrogen (secondary N) is 2. The molecule has 0 aliphatic carbocycles. The molecular weight excluding hydrogens is 192 g/mol. The first-order chi connectivity index (χ1) is 6.22. The van der Waals surface area contributed by atoms with Crippen molar-refractivity contribution < 1.29 is 10.0 Å². The predicted octanol–water partition coefficient (Wildman–Crippen LogP) is 1.26. The van der Waals surface area contributed by atoms with Crippen molar-refractivity contribution in [2.45, 2.75) is 0 Å². The molecule has 13 heavy (non-hydrogen) atoms. The molecule has 3 N–H and O–H groups in total. The SMILES string of the molecule is O=C(CNc1cccc(Cl)c1)NO. The second-order valence-corrected chi connectivity index (χ2v) is 2.84. The molecule has 0 aliphatic heterocycles. The van der Waals surface area contributed by atoms with E-state index in [0.29, 0.717) is 5.02 Å². The fraction of sp³-hybridized carbons (Fsp3) is 0.125. The van der Waals surface area contributed by atoms with Crippen LogP contribution in [0.1, 0.15) is 0 Å². The molecule has 0 radical (unpaired) electrons. The lowest BCUT2D eigenvalue weighted by Crippen LogP contribution is -2.26. The number of hydrogen-bond donors (Lipinski definition) is 3. The minimum atomic E-state index is -0.500. The highest BCUT2D eigenvalue weighted by atomic mass is 35.5. The molecule has 0 spiro atoms. The van der Waals surface area contributed by atoms with Crippen LogP contribution in [0.5, 0.6) is 0 Å². The zero-order valence-corrected chi connectivity index (χ0v) is 7.51. The van der Waals surface area contributed by atoms with Crippen molar-refractivity contribution in [3.63, 3.8) is 0 Å². The quantitative estimate of drug-likeness (QED) is 0.509. The number of hydroxylamine groups is 1. The van der Waals surface area contributed by atoms with Gasteiger partial charge >= 0.3 is 0 Å². The minimum absolute atomic E-state index is 0.0108. The highest BCUT2D eigenvalue weighted by Crippen LogP contribution is 2.14. The lowest BCUT2D eigenvalue weighted by molar-refractivity contribution is -0.127. The van der Waals surface area contributed by atoms with Crippen molar-refractivity contribution in [1.29, 1.82) is 0 Å². The number of amides is 1. The van der Waals surface area contributed by atoms with Gasteiger partial charge in [0, 0.05) is 10.7 Å². The van der Waals surface area contributed by atoms with Crippen molar-refractivity contribution >= 4 is 23.2 Å². The fourth-order valence-electron chi connectivity index (χ4n) is 0.820. The van der Waals surface area contributed by atoms with Crippen LogP contribution in [-0.2, 0) is 4.79 Å². The van der Waals surface area contributed by atoms with Gasteiger partial charge in [-0.25, -0.2) is 5.48 Å². The summed E-state index contributed by atoms with van der Waals surface area (Å²) in [4.78, 5) is 10.6. The number of anilines is 1. The molecular formula is C8H9ClN2O2. The van der Waals surface area contributed by atoms with Crippen LogP contribution in [-0.4, -0.2) is 17.7 Å². The Hall–Kier alpha value is -1.26. The lowest BCUT2D eigenvalue weighted by atomic mass is 10.3. The van der Waals surface area contributed by atoms with Crippen LogP contribution in [0.15, 0.2) is 24.3 Å². The summed E-state index contributed by atoms with van der Waals surface area (Å²) in [6, 6.07) is 6.96. The number of benzene rings is 1. The lowest BCUT2D eigenvalue weighted by Gasteiger charge is -2.04. The van der Waals surface area contributed by atoms with Crippen LogP contribution in [0.25, 0.3) is 0 Å². The maximum absolute atomic E-state index is 10.6. The summed E-state index contributed by atoms with van der Waals surface area (Å²) in [5.41, 5.74) is 2.25. The highest BCUT2D eigenvalue weighted by molar-refractivity contribution is 6.30. The Morgan fingerprint density at radius 3 is 2.92 bits per heavy atom. The maximum Gasteiger partial charge on any atom is 0.262 e. The molecule has 5 heteroatoms. The third-order valence-electron chi connectivity index (χ3n) is 1.40. The smallest absolute Gasteiger partial charge is 0.262 e. The number of halogens is 1. The average molecular weight is 201 g/mol. The zero-order chi connectivity index (χ0) is 9.68. The van der Waals surface area contributed by atoms with Gasteiger partial charge in [-0.2, -0.15) is 0 Å². The van der Waals surface area contributed by atoms with E-state index >= 15 is 0 Å². The van der Waals surface area contributed by atoms with Gasteiger partial charge < -0.3 is 5.32 Å². The van der Waals surface area contributed by atoms with Gasteiger partial charge in [0.2, 0.25) is 0 Å². The maximum atomic E-state index is 10.6. The monoisotopic (exact) mass is 200 g/mol. The van der Waals surface area contributed by atoms with Gasteiger partial charge in [-0.3, -0.25) is 10.0 Å². The standard InChI is InChI=1S/C8H9ClN2O2/c9-6-2-1-3-7(4-6)10-5-8(12)11-13/h1-4,10,13H,5H2,(H,11,12). The largest absolute Gasteiger partial charge is 0.376 e. The molecule has 0 unspecified atom stereocenters. The zero-order valence-electron chi connectivity index (χ0n) is 6.75. The number of hydrogen-bond acceptors (Lipinski definition) is 3. The molecule has 0 atom stereocenters. The molecule has 0 saturated carbocycles. The van der Waals surface area contributed by atoms with Crippen LogP contribution in [0, 0.1) is 0 Å². The number of carbonyl (C=O) groups excluding carboxylic acids is 1. The van der Waals surface area contributed by atoms with Gasteiger partial charge in [0.1, 0.15) is 0 Å². The Balaban J connectivity index is 2.50. The molecule has 1 amide bonds. The van der Waals surface area contributed by atoms with Gasteiger partial charge in [-0.1, -0.05) is 17.7 Å². The van der Waals surface area contributed by atoms with Crippen LogP contribution in [0.4, 0.5) is 5.69 Å². The van der Waals surface area contributed by atoms with Gasteiger partial charge in [0.15, 0.2) is 0 Å². The molecule has 0 aromatic heterocycles. The number of carbonyl (C=O) groups is 1. The normalized spacial score (nSPS) is 9.38. The molecule has 0 bridgehead atoms. The van der Waals surface area contributed by atoms with Crippen molar-refractivity contribution in [3.05, 3.63) is 29.3 Å². The molecule has 1 aromatic carbocycles. The summed E-state index contributed by atoms with van der Waals surface area (Å²) in [7, 11) is 0. The topological polar surface area (TPSA) is 61.4 Å². The minimum Gasteiger partial charge on any atom is -0.376 e. The summed E-state index contributed by atoms with van der Waals surface area (Å²) in [6.45, 7) is 0.0108. The van der Waals surface area contributed by atoms with Crippen molar-refractivity contribution in [1.82, 2.24) is 5.48 Å². The predicted molar refractivity (Wildman–Crippen MR) is 49.9 cm³/mol. The van der Waals surface area contributed by atoms with Crippen LogP contribution < -0.4 is 10.8 Å². The van der Waals surface area contributed by atoms with Crippen LogP contribution in [0.2, 0.25) is 5.02 Å². The van der Waals surface area contributed by atoms with Crippen LogP contribution >= 0.6 is 11.6 Å². The average Bonchev–Trinajstić information content (AvgIpc) is 2.14. The molecule has 1 rings (SSSR count). The van der Waals surface area contributed by atoms with Crippen molar-refractivity contribution in [2.24, 2.45) is 0 Å². The summed E-state index contributed by atoms with van der Waals surface area (Å²) in [5, 5.41) is 11.6. The van der Waals surface area contributed by atoms with E-state index in [1.54, 1.807) is 24.3 Å². The first kappa shape index (κ1) is 9.83. The van der Waals surface area contributed by atoms with Gasteiger partial charge in [0.25, 0.3) is 5.91 Å². The molecule has 0 heterocycles. The Bertz CT molecular complexity index is 304. The molecule has 1 aromatic rings. The third-order valence-corrected chi connectivity index (χ3v) is 1.64. The molecule has 0 aliphatic rings. The van der Waals surface area contributed by atoms with E-state index in [9.17, 15) is 4.79 Å². The summed E-state index contributed by atoms with van der Waals surface area (Å²) >= 11 is 5.70. The van der Waals surface area contributed by atoms with Gasteiger partial charge in [-0.15, -0.1) is 0 Å². The van der Waals surface area contributed by atoms with Crippen molar-refractivity contribution in [3.8, 4) is 0 Å². The number of rotatable bonds is 3. The van der Waals surface area contributed by atoms with E-state index in [2.05, 4.69) is 5.32 Å². The van der Waals surface area contributed by atoms with E-state index in [0.717, 1.165) is 5.69 Å². The van der Waals surface area contributed by atoms with Crippen LogP contribution in [0.3, 0.4) is 0 Å². The highest BCUT2D eigenvalue weighted by Gasteiger charge is 1.98. The van der Waals surface area contributed by atoms with E-state index in [4.69, 9.17) is 16.8 Å². The second-order valence-electron chi connectivity index (χ2n) is 2.40. The Morgan fingerprint density at radius 2 is 2.31 bits per heavy atom. The Morgan fingerprint density at radius 1 is 1.54 bits per heavy atom. The van der Waals surface area contributed by atoms with Gasteiger partial charge in [0.05, 0.1) is 6.54 Å². The Labute approximate surface area is 80.5 Å². The Kier molecular flexibility index (Phi) is 3.54. The third kappa shape index (κ3) is 3.31. The summed E-state index contributed by atoms with van der Waals surface area (Å²) < 4.78 is 0. The van der Waals surface area contributed by atoms with E-state index in [1.165, 1.54) is 5.48 Å². The van der Waals surface area contributed by atoms with E-state index < -0.39 is 5.91 Å².